The Labute approximate surface area is 239 Å². The largest absolute Gasteiger partial charge is 0.486 e. The third-order valence-electron chi connectivity index (χ3n) is 6.46. The van der Waals surface area contributed by atoms with E-state index in [1.807, 2.05) is 44.2 Å². The first kappa shape index (κ1) is 29.9. The number of sulfonamides is 1. The van der Waals surface area contributed by atoms with Crippen LogP contribution in [0.5, 0.6) is 11.5 Å². The highest BCUT2D eigenvalue weighted by atomic mass is 32.2. The molecule has 0 aromatic heterocycles. The molecule has 1 heterocycles. The number of rotatable bonds is 11. The summed E-state index contributed by atoms with van der Waals surface area (Å²) >= 11 is 0. The van der Waals surface area contributed by atoms with Gasteiger partial charge in [0, 0.05) is 25.1 Å². The lowest BCUT2D eigenvalue weighted by Gasteiger charge is -2.34. The van der Waals surface area contributed by atoms with E-state index in [0.717, 1.165) is 16.1 Å². The van der Waals surface area contributed by atoms with E-state index in [4.69, 9.17) is 9.47 Å². The van der Waals surface area contributed by atoms with E-state index < -0.39 is 34.3 Å². The van der Waals surface area contributed by atoms with Crippen molar-refractivity contribution in [3.8, 4) is 11.5 Å². The summed E-state index contributed by atoms with van der Waals surface area (Å²) in [7, 11) is -3.94. The first-order valence-corrected chi connectivity index (χ1v) is 15.1. The molecule has 0 spiro atoms. The molecular formula is C30H34FN3O6S. The number of hydrogen-bond acceptors (Lipinski definition) is 6. The van der Waals surface area contributed by atoms with Crippen LogP contribution in [0.2, 0.25) is 0 Å². The molecule has 1 aliphatic heterocycles. The average molecular weight is 584 g/mol. The molecule has 41 heavy (non-hydrogen) atoms. The van der Waals surface area contributed by atoms with Gasteiger partial charge in [0.1, 0.15) is 31.6 Å². The highest BCUT2D eigenvalue weighted by Crippen LogP contribution is 2.34. The summed E-state index contributed by atoms with van der Waals surface area (Å²) in [6.45, 7) is 3.71. The highest BCUT2D eigenvalue weighted by molar-refractivity contribution is 7.92. The quantitative estimate of drug-likeness (QED) is 0.370. The minimum absolute atomic E-state index is 0.0408. The summed E-state index contributed by atoms with van der Waals surface area (Å²) in [5.41, 5.74) is 1.62. The summed E-state index contributed by atoms with van der Waals surface area (Å²) in [4.78, 5) is 29.0. The molecule has 1 N–H and O–H groups in total. The normalized spacial score (nSPS) is 13.4. The van der Waals surface area contributed by atoms with Crippen molar-refractivity contribution in [1.82, 2.24) is 10.2 Å². The molecule has 218 valence electrons. The molecule has 0 radical (unpaired) electrons. The van der Waals surface area contributed by atoms with E-state index in [0.29, 0.717) is 30.3 Å². The molecule has 2 amide bonds. The summed E-state index contributed by atoms with van der Waals surface area (Å²) in [6.07, 6.45) is 1.20. The first-order valence-electron chi connectivity index (χ1n) is 13.3. The first-order chi connectivity index (χ1) is 19.5. The van der Waals surface area contributed by atoms with Gasteiger partial charge in [-0.2, -0.15) is 0 Å². The van der Waals surface area contributed by atoms with Crippen LogP contribution >= 0.6 is 0 Å². The highest BCUT2D eigenvalue weighted by Gasteiger charge is 2.33. The summed E-state index contributed by atoms with van der Waals surface area (Å²) < 4.78 is 51.7. The Morgan fingerprint density at radius 2 is 1.59 bits per heavy atom. The fourth-order valence-corrected chi connectivity index (χ4v) is 5.36. The van der Waals surface area contributed by atoms with Crippen LogP contribution in [0.4, 0.5) is 10.1 Å². The van der Waals surface area contributed by atoms with Crippen molar-refractivity contribution in [3.05, 3.63) is 89.7 Å². The van der Waals surface area contributed by atoms with Crippen LogP contribution in [0.25, 0.3) is 0 Å². The topological polar surface area (TPSA) is 105 Å². The van der Waals surface area contributed by atoms with Crippen LogP contribution in [-0.2, 0) is 32.6 Å². The molecule has 0 saturated heterocycles. The van der Waals surface area contributed by atoms with Gasteiger partial charge in [-0.1, -0.05) is 42.5 Å². The van der Waals surface area contributed by atoms with Gasteiger partial charge in [-0.15, -0.1) is 0 Å². The molecule has 3 aromatic carbocycles. The van der Waals surface area contributed by atoms with Gasteiger partial charge < -0.3 is 19.7 Å². The molecule has 1 aliphatic rings. The number of carbonyl (C=O) groups excluding carboxylic acids is 2. The second-order valence-corrected chi connectivity index (χ2v) is 12.0. The molecule has 0 fully saturated rings. The minimum Gasteiger partial charge on any atom is -0.486 e. The van der Waals surface area contributed by atoms with Crippen LogP contribution in [0.1, 0.15) is 25.0 Å². The lowest BCUT2D eigenvalue weighted by molar-refractivity contribution is -0.140. The SMILES string of the molecule is CC(C)NC(=O)[C@@H](Cc1ccccc1)N(Cc1ccc(F)cc1)C(=O)CN(c1ccc2c(c1)OCCO2)S(C)(=O)=O. The maximum Gasteiger partial charge on any atom is 0.244 e. The number of halogens is 1. The minimum atomic E-state index is -3.94. The predicted molar refractivity (Wildman–Crippen MR) is 154 cm³/mol. The number of ether oxygens (including phenoxy) is 2. The number of nitrogens with zero attached hydrogens (tertiary/aromatic N) is 2. The second-order valence-electron chi connectivity index (χ2n) is 10.1. The summed E-state index contributed by atoms with van der Waals surface area (Å²) in [6, 6.07) is 18.3. The van der Waals surface area contributed by atoms with Gasteiger partial charge in [-0.25, -0.2) is 12.8 Å². The third-order valence-corrected chi connectivity index (χ3v) is 7.60. The van der Waals surface area contributed by atoms with Crippen LogP contribution in [0.3, 0.4) is 0 Å². The van der Waals surface area contributed by atoms with Gasteiger partial charge in [-0.3, -0.25) is 13.9 Å². The number of nitrogens with one attached hydrogen (secondary N) is 1. The molecule has 11 heteroatoms. The smallest absolute Gasteiger partial charge is 0.244 e. The monoisotopic (exact) mass is 583 g/mol. The number of hydrogen-bond donors (Lipinski definition) is 1. The standard InChI is InChI=1S/C30H34FN3O6S/c1-21(2)32-30(36)26(17-22-7-5-4-6-8-22)33(19-23-9-11-24(31)12-10-23)29(35)20-34(41(3,37)38)25-13-14-27-28(18-25)40-16-15-39-27/h4-14,18,21,26H,15-17,19-20H2,1-3H3,(H,32,36)/t26-/m1/s1. The number of fused-ring (bicyclic) bond motifs is 1. The molecule has 9 nitrogen and oxygen atoms in total. The maximum absolute atomic E-state index is 14.1. The Morgan fingerprint density at radius 1 is 0.927 bits per heavy atom. The van der Waals surface area contributed by atoms with Crippen molar-refractivity contribution in [3.63, 3.8) is 0 Å². The number of anilines is 1. The molecule has 1 atom stereocenters. The van der Waals surface area contributed by atoms with Crippen molar-refractivity contribution in [2.75, 3.05) is 30.3 Å². The van der Waals surface area contributed by atoms with Crippen molar-refractivity contribution in [1.29, 1.82) is 0 Å². The van der Waals surface area contributed by atoms with E-state index >= 15 is 0 Å². The summed E-state index contributed by atoms with van der Waals surface area (Å²) in [5, 5.41) is 2.89. The molecule has 0 saturated carbocycles. The molecular weight excluding hydrogens is 549 g/mol. The Balaban J connectivity index is 1.72. The zero-order valence-electron chi connectivity index (χ0n) is 23.2. The van der Waals surface area contributed by atoms with E-state index in [-0.39, 0.29) is 30.6 Å². The molecule has 0 bridgehead atoms. The summed E-state index contributed by atoms with van der Waals surface area (Å²) in [5.74, 6) is -0.576. The van der Waals surface area contributed by atoms with Crippen molar-refractivity contribution in [2.45, 2.75) is 38.9 Å². The van der Waals surface area contributed by atoms with E-state index in [1.165, 1.54) is 35.2 Å². The Bertz CT molecular complexity index is 1470. The van der Waals surface area contributed by atoms with Gasteiger partial charge in [0.15, 0.2) is 11.5 Å². The lowest BCUT2D eigenvalue weighted by atomic mass is 10.0. The van der Waals surface area contributed by atoms with Gasteiger partial charge in [0.2, 0.25) is 21.8 Å². The van der Waals surface area contributed by atoms with E-state index in [9.17, 15) is 22.4 Å². The fraction of sp³-hybridized carbons (Fsp3) is 0.333. The lowest BCUT2D eigenvalue weighted by Crippen LogP contribution is -2.54. The predicted octanol–water partition coefficient (Wildman–Crippen LogP) is 3.53. The molecule has 3 aromatic rings. The van der Waals surface area contributed by atoms with Gasteiger partial charge in [0.05, 0.1) is 11.9 Å². The Morgan fingerprint density at radius 3 is 2.22 bits per heavy atom. The fourth-order valence-electron chi connectivity index (χ4n) is 4.52. The van der Waals surface area contributed by atoms with E-state index in [2.05, 4.69) is 5.32 Å². The number of benzene rings is 3. The Hall–Kier alpha value is -4.12. The number of amides is 2. The second kappa shape index (κ2) is 13.0. The van der Waals surface area contributed by atoms with Gasteiger partial charge in [0.25, 0.3) is 0 Å². The van der Waals surface area contributed by atoms with Crippen molar-refractivity contribution < 1.29 is 31.9 Å². The van der Waals surface area contributed by atoms with Crippen LogP contribution in [0, 0.1) is 5.82 Å². The van der Waals surface area contributed by atoms with Crippen molar-refractivity contribution >= 4 is 27.5 Å². The van der Waals surface area contributed by atoms with Gasteiger partial charge >= 0.3 is 0 Å². The van der Waals surface area contributed by atoms with Crippen LogP contribution in [-0.4, -0.2) is 63.2 Å². The molecule has 0 aliphatic carbocycles. The maximum atomic E-state index is 14.1. The molecule has 0 unspecified atom stereocenters. The average Bonchev–Trinajstić information content (AvgIpc) is 2.93. The van der Waals surface area contributed by atoms with Crippen LogP contribution < -0.4 is 19.1 Å². The number of carbonyl (C=O) groups is 2. The zero-order valence-corrected chi connectivity index (χ0v) is 24.1. The Kier molecular flexibility index (Phi) is 9.49. The van der Waals surface area contributed by atoms with Crippen molar-refractivity contribution in [2.24, 2.45) is 0 Å². The van der Waals surface area contributed by atoms with E-state index in [1.54, 1.807) is 12.1 Å². The van der Waals surface area contributed by atoms with Crippen LogP contribution in [0.15, 0.2) is 72.8 Å². The molecule has 4 rings (SSSR count). The third kappa shape index (κ3) is 7.97. The zero-order chi connectivity index (χ0) is 29.6. The van der Waals surface area contributed by atoms with Gasteiger partial charge in [-0.05, 0) is 49.2 Å².